The predicted octanol–water partition coefficient (Wildman–Crippen LogP) is 4.96. The first kappa shape index (κ1) is 23.6. The van der Waals surface area contributed by atoms with E-state index in [2.05, 4.69) is 29.8 Å². The highest BCUT2D eigenvalue weighted by Crippen LogP contribution is 2.46. The summed E-state index contributed by atoms with van der Waals surface area (Å²) < 4.78 is 40.1. The number of benzene rings is 2. The summed E-state index contributed by atoms with van der Waals surface area (Å²) in [6.07, 6.45) is 0. The number of halogens is 1. The molecule has 31 heavy (non-hydrogen) atoms. The largest absolute Gasteiger partial charge is 0.482 e. The lowest BCUT2D eigenvalue weighted by molar-refractivity contribution is -0.145. The Hall–Kier alpha value is -2.06. The number of anilines is 1. The van der Waals surface area contributed by atoms with Crippen molar-refractivity contribution in [2.45, 2.75) is 45.4 Å². The molecule has 0 aliphatic carbocycles. The van der Waals surface area contributed by atoms with Crippen LogP contribution in [0.2, 0.25) is 0 Å². The van der Waals surface area contributed by atoms with Crippen LogP contribution in [0.4, 0.5) is 5.69 Å². The van der Waals surface area contributed by atoms with Gasteiger partial charge in [-0.05, 0) is 73.7 Å². The number of nitrogens with zero attached hydrogens (tertiary/aromatic N) is 1. The van der Waals surface area contributed by atoms with Crippen molar-refractivity contribution in [2.75, 3.05) is 24.1 Å². The molecule has 1 atom stereocenters. The van der Waals surface area contributed by atoms with Crippen LogP contribution in [0.5, 0.6) is 5.75 Å². The molecule has 0 N–H and O–H groups in total. The average Bonchev–Trinajstić information content (AvgIpc) is 3.08. The van der Waals surface area contributed by atoms with E-state index in [1.165, 1.54) is 10.4 Å². The number of carbonyl (C=O) groups is 1. The van der Waals surface area contributed by atoms with Crippen molar-refractivity contribution in [3.05, 3.63) is 51.5 Å². The van der Waals surface area contributed by atoms with Crippen molar-refractivity contribution in [2.24, 2.45) is 5.92 Å². The van der Waals surface area contributed by atoms with Gasteiger partial charge in [0.25, 0.3) is 10.0 Å². The summed E-state index contributed by atoms with van der Waals surface area (Å²) in [5.41, 5.74) is 3.37. The van der Waals surface area contributed by atoms with Crippen LogP contribution < -0.4 is 9.04 Å². The summed E-state index contributed by atoms with van der Waals surface area (Å²) in [7, 11) is -3.76. The highest BCUT2D eigenvalue weighted by atomic mass is 79.9. The maximum atomic E-state index is 13.6. The fraction of sp³-hybridized carbons (Fsp3) is 0.435. The van der Waals surface area contributed by atoms with Crippen molar-refractivity contribution in [3.63, 3.8) is 0 Å². The standard InChI is InChI=1S/C23H28BrNO5S/c1-6-29-22(26)13-30-21-8-7-18(10-15(21)4)31(27,28)25-12-20(14(2)3)19-11-17(24)9-16(5)23(19)25/h7-11,14,20H,6,12-13H2,1-5H3. The molecule has 0 saturated carbocycles. The van der Waals surface area contributed by atoms with Gasteiger partial charge in [-0.1, -0.05) is 29.8 Å². The van der Waals surface area contributed by atoms with Crippen LogP contribution in [0.3, 0.4) is 0 Å². The lowest BCUT2D eigenvalue weighted by Crippen LogP contribution is -2.31. The van der Waals surface area contributed by atoms with Gasteiger partial charge in [0.2, 0.25) is 0 Å². The van der Waals surface area contributed by atoms with Crippen molar-refractivity contribution >= 4 is 37.6 Å². The lowest BCUT2D eigenvalue weighted by atomic mass is 9.90. The quantitative estimate of drug-likeness (QED) is 0.493. The van der Waals surface area contributed by atoms with Gasteiger partial charge in [-0.2, -0.15) is 0 Å². The van der Waals surface area contributed by atoms with E-state index in [1.807, 2.05) is 19.1 Å². The third kappa shape index (κ3) is 4.75. The molecule has 0 amide bonds. The second-order valence-electron chi connectivity index (χ2n) is 8.07. The fourth-order valence-electron chi connectivity index (χ4n) is 3.95. The van der Waals surface area contributed by atoms with Gasteiger partial charge < -0.3 is 9.47 Å². The summed E-state index contributed by atoms with van der Waals surface area (Å²) in [4.78, 5) is 11.7. The average molecular weight is 510 g/mol. The Labute approximate surface area is 192 Å². The van der Waals surface area contributed by atoms with Crippen LogP contribution >= 0.6 is 15.9 Å². The minimum atomic E-state index is -3.76. The Morgan fingerprint density at radius 1 is 1.19 bits per heavy atom. The SMILES string of the molecule is CCOC(=O)COc1ccc(S(=O)(=O)N2CC(C(C)C)c3cc(Br)cc(C)c32)cc1C. The van der Waals surface area contributed by atoms with Crippen LogP contribution in [0, 0.1) is 19.8 Å². The molecular formula is C23H28BrNO5S. The molecule has 2 aromatic rings. The maximum absolute atomic E-state index is 13.6. The molecule has 1 heterocycles. The molecule has 168 valence electrons. The first-order valence-electron chi connectivity index (χ1n) is 10.3. The molecule has 0 spiro atoms. The number of sulfonamides is 1. The van der Waals surface area contributed by atoms with Crippen molar-refractivity contribution in [1.82, 2.24) is 0 Å². The van der Waals surface area contributed by atoms with E-state index in [1.54, 1.807) is 26.0 Å². The molecule has 3 rings (SSSR count). The summed E-state index contributed by atoms with van der Waals surface area (Å²) in [5.74, 6) is 0.407. The van der Waals surface area contributed by atoms with Gasteiger partial charge >= 0.3 is 5.97 Å². The number of rotatable bonds is 7. The first-order valence-corrected chi connectivity index (χ1v) is 12.5. The van der Waals surface area contributed by atoms with Gasteiger partial charge in [0.05, 0.1) is 17.2 Å². The monoisotopic (exact) mass is 509 g/mol. The van der Waals surface area contributed by atoms with E-state index in [-0.39, 0.29) is 24.0 Å². The van der Waals surface area contributed by atoms with E-state index >= 15 is 0 Å². The Morgan fingerprint density at radius 2 is 1.90 bits per heavy atom. The molecule has 8 heteroatoms. The van der Waals surface area contributed by atoms with Crippen LogP contribution in [-0.4, -0.2) is 34.1 Å². The zero-order valence-corrected chi connectivity index (χ0v) is 20.8. The molecule has 1 unspecified atom stereocenters. The number of ether oxygens (including phenoxy) is 2. The molecule has 0 saturated heterocycles. The van der Waals surface area contributed by atoms with Crippen molar-refractivity contribution in [1.29, 1.82) is 0 Å². The zero-order chi connectivity index (χ0) is 22.9. The summed E-state index contributed by atoms with van der Waals surface area (Å²) in [5, 5.41) is 0. The summed E-state index contributed by atoms with van der Waals surface area (Å²) in [6, 6.07) is 8.68. The maximum Gasteiger partial charge on any atom is 0.344 e. The Bertz CT molecular complexity index is 1100. The van der Waals surface area contributed by atoms with E-state index < -0.39 is 16.0 Å². The molecule has 6 nitrogen and oxygen atoms in total. The van der Waals surface area contributed by atoms with Gasteiger partial charge in [-0.25, -0.2) is 13.2 Å². The van der Waals surface area contributed by atoms with E-state index in [0.29, 0.717) is 23.8 Å². The van der Waals surface area contributed by atoms with E-state index in [0.717, 1.165) is 21.3 Å². The first-order chi connectivity index (χ1) is 14.6. The minimum absolute atomic E-state index is 0.120. The molecule has 2 aromatic carbocycles. The number of hydrogen-bond acceptors (Lipinski definition) is 5. The number of aryl methyl sites for hydroxylation is 2. The van der Waals surface area contributed by atoms with E-state index in [4.69, 9.17) is 9.47 Å². The van der Waals surface area contributed by atoms with Crippen LogP contribution in [0.25, 0.3) is 0 Å². The van der Waals surface area contributed by atoms with Gasteiger partial charge in [0, 0.05) is 16.9 Å². The van der Waals surface area contributed by atoms with Crippen LogP contribution in [0.15, 0.2) is 39.7 Å². The highest BCUT2D eigenvalue weighted by Gasteiger charge is 2.39. The van der Waals surface area contributed by atoms with Gasteiger partial charge in [-0.15, -0.1) is 0 Å². The molecule has 1 aliphatic heterocycles. The zero-order valence-electron chi connectivity index (χ0n) is 18.4. The van der Waals surface area contributed by atoms with Gasteiger partial charge in [-0.3, -0.25) is 4.31 Å². The molecule has 0 bridgehead atoms. The Balaban J connectivity index is 1.94. The Kier molecular flexibility index (Phi) is 7.01. The number of esters is 1. The second-order valence-corrected chi connectivity index (χ2v) is 10.8. The molecule has 0 radical (unpaired) electrons. The Morgan fingerprint density at radius 3 is 2.52 bits per heavy atom. The van der Waals surface area contributed by atoms with Crippen LogP contribution in [-0.2, 0) is 19.6 Å². The van der Waals surface area contributed by atoms with Crippen molar-refractivity contribution < 1.29 is 22.7 Å². The number of fused-ring (bicyclic) bond motifs is 1. The van der Waals surface area contributed by atoms with Crippen molar-refractivity contribution in [3.8, 4) is 5.75 Å². The third-order valence-electron chi connectivity index (χ3n) is 5.50. The second kappa shape index (κ2) is 9.20. The molecule has 0 fully saturated rings. The number of carbonyl (C=O) groups excluding carboxylic acids is 1. The van der Waals surface area contributed by atoms with Gasteiger partial charge in [0.15, 0.2) is 6.61 Å². The van der Waals surface area contributed by atoms with Gasteiger partial charge in [0.1, 0.15) is 5.75 Å². The highest BCUT2D eigenvalue weighted by molar-refractivity contribution is 9.10. The topological polar surface area (TPSA) is 72.9 Å². The fourth-order valence-corrected chi connectivity index (χ4v) is 6.21. The smallest absolute Gasteiger partial charge is 0.344 e. The normalized spacial score (nSPS) is 15.8. The summed E-state index contributed by atoms with van der Waals surface area (Å²) in [6.45, 7) is 10.1. The molecular weight excluding hydrogens is 482 g/mol. The predicted molar refractivity (Wildman–Crippen MR) is 124 cm³/mol. The van der Waals surface area contributed by atoms with Crippen LogP contribution in [0.1, 0.15) is 43.4 Å². The third-order valence-corrected chi connectivity index (χ3v) is 7.72. The molecule has 1 aliphatic rings. The minimum Gasteiger partial charge on any atom is -0.482 e. The number of hydrogen-bond donors (Lipinski definition) is 0. The van der Waals surface area contributed by atoms with E-state index in [9.17, 15) is 13.2 Å². The molecule has 0 aromatic heterocycles. The lowest BCUT2D eigenvalue weighted by Gasteiger charge is -2.22. The summed E-state index contributed by atoms with van der Waals surface area (Å²) >= 11 is 3.54.